The summed E-state index contributed by atoms with van der Waals surface area (Å²) in [6, 6.07) is 8.03. The van der Waals surface area contributed by atoms with E-state index in [-0.39, 0.29) is 23.3 Å². The van der Waals surface area contributed by atoms with Crippen LogP contribution >= 0.6 is 0 Å². The molecule has 2 fully saturated rings. The lowest BCUT2D eigenvalue weighted by Crippen LogP contribution is -2.52. The second-order valence-electron chi connectivity index (χ2n) is 9.26. The summed E-state index contributed by atoms with van der Waals surface area (Å²) in [5.41, 5.74) is 1.60. The standard InChI is InChI=1S/C22H34N2O3/c1-21(2,3)17-4-6-19(7-5-17)27-15-18(25)14-24-16-22(9-8-20(24)26)10-12-23-13-11-22/h4-7,18,23,25H,8-16H2,1-3H3. The Bertz CT molecular complexity index is 630. The second-order valence-corrected chi connectivity index (χ2v) is 9.26. The number of ether oxygens (including phenoxy) is 1. The van der Waals surface area contributed by atoms with Gasteiger partial charge in [-0.25, -0.2) is 0 Å². The summed E-state index contributed by atoms with van der Waals surface area (Å²) in [7, 11) is 0. The number of rotatable bonds is 5. The number of amides is 1. The molecular formula is C22H34N2O3. The van der Waals surface area contributed by atoms with Crippen molar-refractivity contribution in [3.63, 3.8) is 0 Å². The number of hydrogen-bond donors (Lipinski definition) is 2. The van der Waals surface area contributed by atoms with Gasteiger partial charge in [0.2, 0.25) is 5.91 Å². The normalized spacial score (nSPS) is 21.3. The number of aliphatic hydroxyl groups is 1. The lowest BCUT2D eigenvalue weighted by Gasteiger charge is -2.45. The maximum Gasteiger partial charge on any atom is 0.222 e. The van der Waals surface area contributed by atoms with Gasteiger partial charge in [0.1, 0.15) is 18.5 Å². The Balaban J connectivity index is 1.50. The van der Waals surface area contributed by atoms with Gasteiger partial charge in [0.05, 0.1) is 0 Å². The van der Waals surface area contributed by atoms with E-state index >= 15 is 0 Å². The summed E-state index contributed by atoms with van der Waals surface area (Å²) in [5.74, 6) is 0.912. The van der Waals surface area contributed by atoms with Crippen molar-refractivity contribution in [3.05, 3.63) is 29.8 Å². The molecule has 1 amide bonds. The van der Waals surface area contributed by atoms with Crippen molar-refractivity contribution < 1.29 is 14.6 Å². The fourth-order valence-electron chi connectivity index (χ4n) is 4.18. The summed E-state index contributed by atoms with van der Waals surface area (Å²) in [6.07, 6.45) is 3.14. The molecule has 1 spiro atoms. The molecule has 2 aliphatic heterocycles. The molecule has 1 atom stereocenters. The summed E-state index contributed by atoms with van der Waals surface area (Å²) in [5, 5.41) is 13.8. The van der Waals surface area contributed by atoms with E-state index in [1.807, 2.05) is 17.0 Å². The van der Waals surface area contributed by atoms with Crippen molar-refractivity contribution in [1.82, 2.24) is 10.2 Å². The van der Waals surface area contributed by atoms with Gasteiger partial charge in [-0.2, -0.15) is 0 Å². The predicted molar refractivity (Wildman–Crippen MR) is 107 cm³/mol. The number of nitrogens with one attached hydrogen (secondary N) is 1. The van der Waals surface area contributed by atoms with Crippen LogP contribution in [0.3, 0.4) is 0 Å². The Morgan fingerprint density at radius 3 is 2.48 bits per heavy atom. The molecule has 1 aromatic rings. The quantitative estimate of drug-likeness (QED) is 0.832. The van der Waals surface area contributed by atoms with Crippen molar-refractivity contribution in [2.75, 3.05) is 32.8 Å². The van der Waals surface area contributed by atoms with E-state index in [2.05, 4.69) is 38.2 Å². The first-order valence-electron chi connectivity index (χ1n) is 10.2. The van der Waals surface area contributed by atoms with Crippen LogP contribution in [-0.4, -0.2) is 54.8 Å². The van der Waals surface area contributed by atoms with Crippen LogP contribution in [0.5, 0.6) is 5.75 Å². The molecule has 5 nitrogen and oxygen atoms in total. The third kappa shape index (κ3) is 5.23. The Kier molecular flexibility index (Phi) is 6.11. The summed E-state index contributed by atoms with van der Waals surface area (Å²) in [4.78, 5) is 14.2. The molecule has 2 heterocycles. The van der Waals surface area contributed by atoms with Gasteiger partial charge in [-0.1, -0.05) is 32.9 Å². The van der Waals surface area contributed by atoms with Crippen LogP contribution in [-0.2, 0) is 10.2 Å². The highest BCUT2D eigenvalue weighted by atomic mass is 16.5. The molecule has 1 aromatic carbocycles. The van der Waals surface area contributed by atoms with Crippen molar-refractivity contribution >= 4 is 5.91 Å². The maximum absolute atomic E-state index is 12.3. The van der Waals surface area contributed by atoms with Gasteiger partial charge < -0.3 is 20.1 Å². The predicted octanol–water partition coefficient (Wildman–Crippen LogP) is 2.72. The van der Waals surface area contributed by atoms with Crippen LogP contribution in [0.4, 0.5) is 0 Å². The van der Waals surface area contributed by atoms with Crippen LogP contribution in [0, 0.1) is 5.41 Å². The number of aliphatic hydroxyl groups excluding tert-OH is 1. The van der Waals surface area contributed by atoms with Crippen LogP contribution < -0.4 is 10.1 Å². The third-order valence-corrected chi connectivity index (χ3v) is 6.01. The number of benzene rings is 1. The van der Waals surface area contributed by atoms with Crippen molar-refractivity contribution in [1.29, 1.82) is 0 Å². The number of β-amino-alcohol motifs (C(OH)–C–C–N with tert-alkyl or cyclic N) is 1. The zero-order chi connectivity index (χ0) is 19.5. The number of carbonyl (C=O) groups excluding carboxylic acids is 1. The molecule has 2 N–H and O–H groups in total. The van der Waals surface area contributed by atoms with Crippen molar-refractivity contribution in [2.45, 2.75) is 58.0 Å². The number of carbonyl (C=O) groups is 1. The minimum atomic E-state index is -0.673. The molecule has 5 heteroatoms. The lowest BCUT2D eigenvalue weighted by atomic mass is 9.72. The fourth-order valence-corrected chi connectivity index (χ4v) is 4.18. The van der Waals surface area contributed by atoms with Crippen LogP contribution in [0.25, 0.3) is 0 Å². The smallest absolute Gasteiger partial charge is 0.222 e. The Labute approximate surface area is 163 Å². The van der Waals surface area contributed by atoms with Gasteiger partial charge in [-0.15, -0.1) is 0 Å². The highest BCUT2D eigenvalue weighted by Gasteiger charge is 2.39. The molecule has 0 radical (unpaired) electrons. The Hall–Kier alpha value is -1.59. The zero-order valence-corrected chi connectivity index (χ0v) is 17.0. The van der Waals surface area contributed by atoms with Gasteiger partial charge in [0.15, 0.2) is 0 Å². The van der Waals surface area contributed by atoms with Gasteiger partial charge in [0.25, 0.3) is 0 Å². The largest absolute Gasteiger partial charge is 0.491 e. The first-order chi connectivity index (χ1) is 12.8. The average Bonchev–Trinajstić information content (AvgIpc) is 2.64. The van der Waals surface area contributed by atoms with Crippen LogP contribution in [0.15, 0.2) is 24.3 Å². The van der Waals surface area contributed by atoms with Gasteiger partial charge in [-0.3, -0.25) is 4.79 Å². The molecule has 27 heavy (non-hydrogen) atoms. The van der Waals surface area contributed by atoms with E-state index in [1.54, 1.807) is 0 Å². The molecule has 3 rings (SSSR count). The molecular weight excluding hydrogens is 340 g/mol. The molecule has 0 saturated carbocycles. The topological polar surface area (TPSA) is 61.8 Å². The van der Waals surface area contributed by atoms with E-state index in [9.17, 15) is 9.90 Å². The third-order valence-electron chi connectivity index (χ3n) is 6.01. The van der Waals surface area contributed by atoms with E-state index in [4.69, 9.17) is 4.74 Å². The van der Waals surface area contributed by atoms with Crippen molar-refractivity contribution in [3.8, 4) is 5.75 Å². The van der Waals surface area contributed by atoms with Crippen molar-refractivity contribution in [2.24, 2.45) is 5.41 Å². The van der Waals surface area contributed by atoms with E-state index in [1.165, 1.54) is 5.56 Å². The highest BCUT2D eigenvalue weighted by molar-refractivity contribution is 5.77. The highest BCUT2D eigenvalue weighted by Crippen LogP contribution is 2.38. The van der Waals surface area contributed by atoms with Gasteiger partial charge in [-0.05, 0) is 60.9 Å². The van der Waals surface area contributed by atoms with E-state index < -0.39 is 6.10 Å². The first-order valence-corrected chi connectivity index (χ1v) is 10.2. The maximum atomic E-state index is 12.3. The molecule has 2 aliphatic rings. The molecule has 150 valence electrons. The zero-order valence-electron chi connectivity index (χ0n) is 17.0. The number of hydrogen-bond acceptors (Lipinski definition) is 4. The van der Waals surface area contributed by atoms with Crippen LogP contribution in [0.2, 0.25) is 0 Å². The number of likely N-dealkylation sites (tertiary alicyclic amines) is 1. The van der Waals surface area contributed by atoms with Gasteiger partial charge >= 0.3 is 0 Å². The average molecular weight is 375 g/mol. The minimum absolute atomic E-state index is 0.108. The lowest BCUT2D eigenvalue weighted by molar-refractivity contribution is -0.140. The molecule has 0 aromatic heterocycles. The molecule has 0 aliphatic carbocycles. The molecule has 2 saturated heterocycles. The molecule has 0 bridgehead atoms. The summed E-state index contributed by atoms with van der Waals surface area (Å²) in [6.45, 7) is 9.91. The van der Waals surface area contributed by atoms with E-state index in [0.29, 0.717) is 13.0 Å². The van der Waals surface area contributed by atoms with E-state index in [0.717, 1.165) is 44.6 Å². The summed E-state index contributed by atoms with van der Waals surface area (Å²) < 4.78 is 5.75. The fraction of sp³-hybridized carbons (Fsp3) is 0.682. The minimum Gasteiger partial charge on any atom is -0.491 e. The van der Waals surface area contributed by atoms with Gasteiger partial charge in [0, 0.05) is 19.5 Å². The number of piperidine rings is 2. The monoisotopic (exact) mass is 374 g/mol. The molecule has 1 unspecified atom stereocenters. The summed E-state index contributed by atoms with van der Waals surface area (Å²) >= 11 is 0. The van der Waals surface area contributed by atoms with Crippen LogP contribution in [0.1, 0.15) is 52.0 Å². The Morgan fingerprint density at radius 1 is 1.19 bits per heavy atom. The Morgan fingerprint density at radius 2 is 1.85 bits per heavy atom. The number of nitrogens with zero attached hydrogens (tertiary/aromatic N) is 1. The SMILES string of the molecule is CC(C)(C)c1ccc(OCC(O)CN2CC3(CCNCC3)CCC2=O)cc1. The second kappa shape index (κ2) is 8.19. The first kappa shape index (κ1) is 20.2.